The summed E-state index contributed by atoms with van der Waals surface area (Å²) in [6.07, 6.45) is 17.8. The van der Waals surface area contributed by atoms with Crippen LogP contribution in [-0.4, -0.2) is 0 Å². The average molecular weight is 222 g/mol. The summed E-state index contributed by atoms with van der Waals surface area (Å²) in [5.74, 6) is 0. The summed E-state index contributed by atoms with van der Waals surface area (Å²) in [4.78, 5) is 0. The molecule has 0 nitrogen and oxygen atoms in total. The molecule has 0 aromatic rings. The summed E-state index contributed by atoms with van der Waals surface area (Å²) in [6, 6.07) is 0. The van der Waals surface area contributed by atoms with Crippen molar-refractivity contribution in [1.29, 1.82) is 0 Å². The zero-order valence-electron chi connectivity index (χ0n) is 11.4. The third-order valence-electron chi connectivity index (χ3n) is 3.04. The Bertz CT molecular complexity index is 176. The second-order valence-corrected chi connectivity index (χ2v) is 4.67. The SMILES string of the molecule is C=C(CC)CCCCC=CCCCCCC. The highest BCUT2D eigenvalue weighted by atomic mass is 14.0. The van der Waals surface area contributed by atoms with Crippen molar-refractivity contribution in [3.63, 3.8) is 0 Å². The van der Waals surface area contributed by atoms with Gasteiger partial charge in [0.15, 0.2) is 0 Å². The van der Waals surface area contributed by atoms with Crippen LogP contribution >= 0.6 is 0 Å². The van der Waals surface area contributed by atoms with Crippen LogP contribution in [0.15, 0.2) is 24.3 Å². The van der Waals surface area contributed by atoms with Crippen molar-refractivity contribution in [2.45, 2.75) is 78.1 Å². The van der Waals surface area contributed by atoms with Gasteiger partial charge in [0.05, 0.1) is 0 Å². The number of allylic oxidation sites excluding steroid dienone is 3. The average Bonchev–Trinajstić information content (AvgIpc) is 2.31. The molecule has 0 bridgehead atoms. The minimum atomic E-state index is 1.15. The van der Waals surface area contributed by atoms with Crippen molar-refractivity contribution in [3.05, 3.63) is 24.3 Å². The first-order chi connectivity index (χ1) is 7.81. The van der Waals surface area contributed by atoms with Crippen LogP contribution in [0.5, 0.6) is 0 Å². The third kappa shape index (κ3) is 11.6. The molecule has 0 aromatic heterocycles. The predicted molar refractivity (Wildman–Crippen MR) is 75.8 cm³/mol. The molecule has 0 saturated carbocycles. The molecule has 0 N–H and O–H groups in total. The third-order valence-corrected chi connectivity index (χ3v) is 3.04. The molecule has 0 heteroatoms. The number of hydrogen-bond acceptors (Lipinski definition) is 0. The number of unbranched alkanes of at least 4 members (excludes halogenated alkanes) is 6. The molecule has 0 aromatic carbocycles. The Morgan fingerprint density at radius 1 is 0.875 bits per heavy atom. The first-order valence-electron chi connectivity index (χ1n) is 7.12. The second-order valence-electron chi connectivity index (χ2n) is 4.67. The van der Waals surface area contributed by atoms with Crippen LogP contribution in [0.25, 0.3) is 0 Å². The molecule has 0 aliphatic carbocycles. The lowest BCUT2D eigenvalue weighted by molar-refractivity contribution is 0.672. The van der Waals surface area contributed by atoms with Gasteiger partial charge in [-0.05, 0) is 44.9 Å². The van der Waals surface area contributed by atoms with Crippen molar-refractivity contribution in [2.75, 3.05) is 0 Å². The molecule has 0 radical (unpaired) electrons. The van der Waals surface area contributed by atoms with Crippen LogP contribution in [0.2, 0.25) is 0 Å². The van der Waals surface area contributed by atoms with E-state index in [1.165, 1.54) is 63.4 Å². The molecule has 0 fully saturated rings. The van der Waals surface area contributed by atoms with Gasteiger partial charge in [-0.3, -0.25) is 0 Å². The van der Waals surface area contributed by atoms with Gasteiger partial charge in [0.1, 0.15) is 0 Å². The monoisotopic (exact) mass is 222 g/mol. The Morgan fingerprint density at radius 3 is 2.06 bits per heavy atom. The summed E-state index contributed by atoms with van der Waals surface area (Å²) in [6.45, 7) is 8.49. The van der Waals surface area contributed by atoms with E-state index in [-0.39, 0.29) is 0 Å². The number of rotatable bonds is 11. The molecule has 16 heavy (non-hydrogen) atoms. The van der Waals surface area contributed by atoms with Gasteiger partial charge in [-0.1, -0.05) is 57.4 Å². The summed E-state index contributed by atoms with van der Waals surface area (Å²) < 4.78 is 0. The van der Waals surface area contributed by atoms with Crippen molar-refractivity contribution < 1.29 is 0 Å². The van der Waals surface area contributed by atoms with Crippen LogP contribution < -0.4 is 0 Å². The van der Waals surface area contributed by atoms with Crippen LogP contribution in [0.4, 0.5) is 0 Å². The molecule has 94 valence electrons. The maximum atomic E-state index is 4.03. The lowest BCUT2D eigenvalue weighted by Gasteiger charge is -2.00. The fraction of sp³-hybridized carbons (Fsp3) is 0.750. The molecule has 0 aliphatic rings. The van der Waals surface area contributed by atoms with Gasteiger partial charge in [-0.2, -0.15) is 0 Å². The van der Waals surface area contributed by atoms with Crippen molar-refractivity contribution >= 4 is 0 Å². The first kappa shape index (κ1) is 15.5. The van der Waals surface area contributed by atoms with Gasteiger partial charge < -0.3 is 0 Å². The van der Waals surface area contributed by atoms with Gasteiger partial charge in [-0.15, -0.1) is 0 Å². The maximum absolute atomic E-state index is 4.03. The molecule has 0 spiro atoms. The zero-order chi connectivity index (χ0) is 12.1. The van der Waals surface area contributed by atoms with Crippen LogP contribution in [-0.2, 0) is 0 Å². The van der Waals surface area contributed by atoms with Crippen LogP contribution in [0.1, 0.15) is 78.1 Å². The van der Waals surface area contributed by atoms with Crippen molar-refractivity contribution in [2.24, 2.45) is 0 Å². The van der Waals surface area contributed by atoms with Crippen molar-refractivity contribution in [1.82, 2.24) is 0 Å². The van der Waals surface area contributed by atoms with Gasteiger partial charge in [0, 0.05) is 0 Å². The normalized spacial score (nSPS) is 11.1. The first-order valence-corrected chi connectivity index (χ1v) is 7.12. The molecular formula is C16H30. The van der Waals surface area contributed by atoms with E-state index < -0.39 is 0 Å². The second kappa shape index (κ2) is 12.5. The van der Waals surface area contributed by atoms with E-state index in [1.807, 2.05) is 0 Å². The lowest BCUT2D eigenvalue weighted by Crippen LogP contribution is -1.80. The molecule has 0 heterocycles. The summed E-state index contributed by atoms with van der Waals surface area (Å²) in [7, 11) is 0. The summed E-state index contributed by atoms with van der Waals surface area (Å²) in [5.41, 5.74) is 1.41. The van der Waals surface area contributed by atoms with E-state index in [0.717, 1.165) is 6.42 Å². The predicted octanol–water partition coefficient (Wildman–Crippen LogP) is 6.04. The lowest BCUT2D eigenvalue weighted by atomic mass is 10.1. The highest BCUT2D eigenvalue weighted by molar-refractivity contribution is 4.92. The van der Waals surface area contributed by atoms with Crippen molar-refractivity contribution in [3.8, 4) is 0 Å². The molecule has 0 unspecified atom stereocenters. The Morgan fingerprint density at radius 2 is 1.50 bits per heavy atom. The zero-order valence-corrected chi connectivity index (χ0v) is 11.4. The Balaban J connectivity index is 3.12. The molecule has 0 rings (SSSR count). The minimum absolute atomic E-state index is 1.15. The van der Waals surface area contributed by atoms with Crippen LogP contribution in [0, 0.1) is 0 Å². The van der Waals surface area contributed by atoms with Gasteiger partial charge >= 0.3 is 0 Å². The molecule has 0 amide bonds. The van der Waals surface area contributed by atoms with E-state index in [9.17, 15) is 0 Å². The minimum Gasteiger partial charge on any atom is -0.0999 e. The van der Waals surface area contributed by atoms with Crippen LogP contribution in [0.3, 0.4) is 0 Å². The molecule has 0 aliphatic heterocycles. The van der Waals surface area contributed by atoms with E-state index >= 15 is 0 Å². The quantitative estimate of drug-likeness (QED) is 0.295. The van der Waals surface area contributed by atoms with Gasteiger partial charge in [-0.25, -0.2) is 0 Å². The van der Waals surface area contributed by atoms with E-state index in [1.54, 1.807) is 0 Å². The topological polar surface area (TPSA) is 0 Å². The molecular weight excluding hydrogens is 192 g/mol. The van der Waals surface area contributed by atoms with Gasteiger partial charge in [0.25, 0.3) is 0 Å². The van der Waals surface area contributed by atoms with E-state index in [4.69, 9.17) is 0 Å². The number of hydrogen-bond donors (Lipinski definition) is 0. The van der Waals surface area contributed by atoms with E-state index in [2.05, 4.69) is 32.6 Å². The molecule has 0 saturated heterocycles. The largest absolute Gasteiger partial charge is 0.0999 e. The Kier molecular flexibility index (Phi) is 12.1. The fourth-order valence-corrected chi connectivity index (χ4v) is 1.74. The smallest absolute Gasteiger partial charge is 0.0323 e. The summed E-state index contributed by atoms with van der Waals surface area (Å²) >= 11 is 0. The van der Waals surface area contributed by atoms with E-state index in [0.29, 0.717) is 0 Å². The highest BCUT2D eigenvalue weighted by Crippen LogP contribution is 2.10. The summed E-state index contributed by atoms with van der Waals surface area (Å²) in [5, 5.41) is 0. The fourth-order valence-electron chi connectivity index (χ4n) is 1.74. The Labute approximate surface area is 103 Å². The molecule has 0 atom stereocenters. The highest BCUT2D eigenvalue weighted by Gasteiger charge is 1.90. The van der Waals surface area contributed by atoms with Gasteiger partial charge in [0.2, 0.25) is 0 Å². The standard InChI is InChI=1S/C16H30/c1-4-6-7-8-9-10-11-12-13-14-15-16(3)5-2/h10-11H,3-9,12-15H2,1-2H3. The Hall–Kier alpha value is -0.520. The maximum Gasteiger partial charge on any atom is -0.0323 e.